The predicted octanol–water partition coefficient (Wildman–Crippen LogP) is 4.57. The fraction of sp³-hybridized carbons (Fsp3) is 0.167. The zero-order valence-corrected chi connectivity index (χ0v) is 17.1. The van der Waals surface area contributed by atoms with Crippen LogP contribution in [0.2, 0.25) is 5.02 Å². The largest absolute Gasteiger partial charge is 0.481 e. The summed E-state index contributed by atoms with van der Waals surface area (Å²) in [7, 11) is 0. The van der Waals surface area contributed by atoms with E-state index in [0.717, 1.165) is 11.8 Å². The molecule has 11 heteroatoms. The van der Waals surface area contributed by atoms with Crippen molar-refractivity contribution in [1.82, 2.24) is 4.90 Å². The molecule has 1 amide bonds. The number of amides is 1. The molecule has 1 aliphatic rings. The highest BCUT2D eigenvalue weighted by Gasteiger charge is 2.32. The first-order valence-electron chi connectivity index (χ1n) is 8.27. The van der Waals surface area contributed by atoms with Crippen molar-refractivity contribution in [2.75, 3.05) is 6.54 Å². The summed E-state index contributed by atoms with van der Waals surface area (Å²) in [5, 5.41) is 20.0. The van der Waals surface area contributed by atoms with Crippen LogP contribution in [-0.4, -0.2) is 37.7 Å². The van der Waals surface area contributed by atoms with Crippen molar-refractivity contribution in [3.63, 3.8) is 0 Å². The predicted molar refractivity (Wildman–Crippen MR) is 113 cm³/mol. The van der Waals surface area contributed by atoms with Crippen LogP contribution in [0.4, 0.5) is 5.69 Å². The van der Waals surface area contributed by atoms with Crippen LogP contribution in [0.3, 0.4) is 0 Å². The van der Waals surface area contributed by atoms with E-state index in [1.165, 1.54) is 29.2 Å². The summed E-state index contributed by atoms with van der Waals surface area (Å²) in [6.07, 6.45) is 1.76. The minimum atomic E-state index is -0.936. The average molecular weight is 453 g/mol. The van der Waals surface area contributed by atoms with E-state index in [-0.39, 0.29) is 24.6 Å². The summed E-state index contributed by atoms with van der Waals surface area (Å²) in [5.74, 6) is -0.582. The molecule has 2 aromatic rings. The number of hydrogen-bond acceptors (Lipinski definition) is 7. The molecule has 1 aromatic heterocycles. The molecule has 1 fully saturated rings. The first-order chi connectivity index (χ1) is 13.8. The molecule has 8 nitrogen and oxygen atoms in total. The third-order valence-electron chi connectivity index (χ3n) is 3.97. The number of aliphatic carboxylic acids is 1. The van der Waals surface area contributed by atoms with Gasteiger partial charge in [0.25, 0.3) is 11.6 Å². The van der Waals surface area contributed by atoms with Gasteiger partial charge in [-0.15, -0.1) is 0 Å². The van der Waals surface area contributed by atoms with E-state index in [2.05, 4.69) is 0 Å². The van der Waals surface area contributed by atoms with Gasteiger partial charge in [-0.3, -0.25) is 24.6 Å². The summed E-state index contributed by atoms with van der Waals surface area (Å²) in [6, 6.07) is 7.24. The van der Waals surface area contributed by atoms with Crippen LogP contribution in [0.15, 0.2) is 39.7 Å². The monoisotopic (exact) mass is 452 g/mol. The number of nitrogens with zero attached hydrogens (tertiary/aromatic N) is 2. The highest BCUT2D eigenvalue weighted by Crippen LogP contribution is 2.36. The molecule has 150 valence electrons. The van der Waals surface area contributed by atoms with Gasteiger partial charge in [0.05, 0.1) is 14.9 Å². The summed E-state index contributed by atoms with van der Waals surface area (Å²) >= 11 is 12.4. The second kappa shape index (κ2) is 8.76. The van der Waals surface area contributed by atoms with Crippen LogP contribution in [0.1, 0.15) is 18.6 Å². The third kappa shape index (κ3) is 4.84. The molecule has 1 N–H and O–H groups in total. The minimum Gasteiger partial charge on any atom is -0.481 e. The molecule has 1 aromatic carbocycles. The van der Waals surface area contributed by atoms with Gasteiger partial charge < -0.3 is 9.52 Å². The average Bonchev–Trinajstić information content (AvgIpc) is 3.21. The number of furan rings is 1. The second-order valence-electron chi connectivity index (χ2n) is 5.95. The van der Waals surface area contributed by atoms with Crippen molar-refractivity contribution in [2.45, 2.75) is 12.8 Å². The van der Waals surface area contributed by atoms with E-state index in [1.807, 2.05) is 0 Å². The Morgan fingerprint density at radius 1 is 1.38 bits per heavy atom. The van der Waals surface area contributed by atoms with Gasteiger partial charge in [-0.1, -0.05) is 35.6 Å². The fourth-order valence-corrected chi connectivity index (χ4v) is 4.10. The molecule has 2 heterocycles. The Kier molecular flexibility index (Phi) is 6.36. The number of nitro benzene ring substituents is 1. The summed E-state index contributed by atoms with van der Waals surface area (Å²) in [5.41, 5.74) is 0.242. The Labute approximate surface area is 179 Å². The van der Waals surface area contributed by atoms with E-state index < -0.39 is 10.9 Å². The quantitative estimate of drug-likeness (QED) is 0.281. The van der Waals surface area contributed by atoms with Crippen molar-refractivity contribution in [3.8, 4) is 11.3 Å². The first kappa shape index (κ1) is 21.0. The van der Waals surface area contributed by atoms with Crippen molar-refractivity contribution >= 4 is 63.5 Å². The number of hydrogen-bond donors (Lipinski definition) is 1. The van der Waals surface area contributed by atoms with Gasteiger partial charge in [-0.05, 0) is 24.6 Å². The molecule has 0 spiro atoms. The molecule has 0 saturated carbocycles. The van der Waals surface area contributed by atoms with Crippen LogP contribution in [-0.2, 0) is 9.59 Å². The number of carboxylic acids is 1. The molecule has 0 aliphatic carbocycles. The van der Waals surface area contributed by atoms with E-state index in [4.69, 9.17) is 33.3 Å². The van der Waals surface area contributed by atoms with E-state index in [9.17, 15) is 19.7 Å². The van der Waals surface area contributed by atoms with E-state index >= 15 is 0 Å². The summed E-state index contributed by atoms with van der Waals surface area (Å²) in [4.78, 5) is 35.3. The van der Waals surface area contributed by atoms with E-state index in [0.29, 0.717) is 37.8 Å². The number of carbonyl (C=O) groups excluding carboxylic acids is 1. The second-order valence-corrected chi connectivity index (χ2v) is 8.04. The van der Waals surface area contributed by atoms with Crippen LogP contribution in [0.5, 0.6) is 0 Å². The molecule has 1 saturated heterocycles. The number of thioether (sulfide) groups is 1. The first-order valence-corrected chi connectivity index (χ1v) is 9.88. The lowest BCUT2D eigenvalue weighted by molar-refractivity contribution is -0.384. The van der Waals surface area contributed by atoms with Gasteiger partial charge in [-0.2, -0.15) is 0 Å². The van der Waals surface area contributed by atoms with Gasteiger partial charge >= 0.3 is 5.97 Å². The third-order valence-corrected chi connectivity index (χ3v) is 5.68. The highest BCUT2D eigenvalue weighted by molar-refractivity contribution is 8.26. The standard InChI is InChI=1S/C18H13ClN2O6S2/c19-13-5-3-10(21(25)26)8-12(13)14-6-4-11(27-14)9-15-17(24)20(18(28)29-15)7-1-2-16(22)23/h3-6,8-9H,1-2,7H2,(H,22,23). The molecule has 0 unspecified atom stereocenters. The Morgan fingerprint density at radius 3 is 2.83 bits per heavy atom. The Hall–Kier alpha value is -2.69. The van der Waals surface area contributed by atoms with E-state index in [1.54, 1.807) is 12.1 Å². The molecule has 0 radical (unpaired) electrons. The van der Waals surface area contributed by atoms with Crippen LogP contribution < -0.4 is 0 Å². The number of non-ortho nitro benzene ring substituents is 1. The molecule has 29 heavy (non-hydrogen) atoms. The van der Waals surface area contributed by atoms with Crippen LogP contribution in [0, 0.1) is 10.1 Å². The van der Waals surface area contributed by atoms with Crippen LogP contribution >= 0.6 is 35.6 Å². The highest BCUT2D eigenvalue weighted by atomic mass is 35.5. The van der Waals surface area contributed by atoms with Crippen molar-refractivity contribution < 1.29 is 24.0 Å². The lowest BCUT2D eigenvalue weighted by atomic mass is 10.1. The molecule has 1 aliphatic heterocycles. The number of rotatable bonds is 7. The maximum absolute atomic E-state index is 12.5. The van der Waals surface area contributed by atoms with Gasteiger partial charge in [-0.25, -0.2) is 0 Å². The Morgan fingerprint density at radius 2 is 2.14 bits per heavy atom. The van der Waals surface area contributed by atoms with Crippen molar-refractivity contribution in [1.29, 1.82) is 0 Å². The lowest BCUT2D eigenvalue weighted by Gasteiger charge is -2.13. The normalized spacial score (nSPS) is 15.3. The molecular weight excluding hydrogens is 440 g/mol. The van der Waals surface area contributed by atoms with Gasteiger partial charge in [0.15, 0.2) is 0 Å². The topological polar surface area (TPSA) is 114 Å². The zero-order valence-electron chi connectivity index (χ0n) is 14.7. The molecule has 0 bridgehead atoms. The van der Waals surface area contributed by atoms with Crippen LogP contribution in [0.25, 0.3) is 17.4 Å². The SMILES string of the molecule is O=C(O)CCCN1C(=O)C(=Cc2ccc(-c3cc([N+](=O)[O-])ccc3Cl)o2)SC1=S. The fourth-order valence-electron chi connectivity index (χ4n) is 2.60. The van der Waals surface area contributed by atoms with Gasteiger partial charge in [0.1, 0.15) is 15.8 Å². The molecular formula is C18H13ClN2O6S2. The van der Waals surface area contributed by atoms with Crippen molar-refractivity contribution in [2.24, 2.45) is 0 Å². The maximum Gasteiger partial charge on any atom is 0.303 e. The number of thiocarbonyl (C=S) groups is 1. The molecule has 0 atom stereocenters. The van der Waals surface area contributed by atoms with Gasteiger partial charge in [0, 0.05) is 36.7 Å². The number of benzene rings is 1. The minimum absolute atomic E-state index is 0.0539. The molecule has 3 rings (SSSR count). The smallest absolute Gasteiger partial charge is 0.303 e. The summed E-state index contributed by atoms with van der Waals surface area (Å²) < 4.78 is 6.04. The van der Waals surface area contributed by atoms with Crippen molar-refractivity contribution in [3.05, 3.63) is 56.1 Å². The maximum atomic E-state index is 12.5. The Balaban J connectivity index is 1.79. The lowest BCUT2D eigenvalue weighted by Crippen LogP contribution is -2.29. The zero-order chi connectivity index (χ0) is 21.1. The van der Waals surface area contributed by atoms with Gasteiger partial charge in [0.2, 0.25) is 0 Å². The number of halogens is 1. The number of carbonyl (C=O) groups is 2. The number of nitro groups is 1. The summed E-state index contributed by atoms with van der Waals surface area (Å²) in [6.45, 7) is 0.223. The Bertz CT molecular complexity index is 1050. The number of carboxylic acid groups (broad SMARTS) is 1.